The van der Waals surface area contributed by atoms with Crippen molar-refractivity contribution >= 4 is 17.3 Å². The number of rotatable bonds is 3. The molecule has 2 rings (SSSR count). The van der Waals surface area contributed by atoms with E-state index in [1.165, 1.54) is 6.07 Å². The first-order valence-electron chi connectivity index (χ1n) is 6.64. The maximum Gasteiger partial charge on any atom is 0.306 e. The van der Waals surface area contributed by atoms with Gasteiger partial charge in [-0.2, -0.15) is 0 Å². The fourth-order valence-corrected chi connectivity index (χ4v) is 2.79. The van der Waals surface area contributed by atoms with E-state index in [1.54, 1.807) is 6.07 Å². The number of carboxylic acids is 1. The molecule has 0 radical (unpaired) electrons. The van der Waals surface area contributed by atoms with Gasteiger partial charge in [0.05, 0.1) is 10.8 Å². The molecule has 1 aromatic carbocycles. The second-order valence-electron chi connectivity index (χ2n) is 5.39. The number of nitrogens with zero attached hydrogens (tertiary/aromatic N) is 2. The molecule has 6 nitrogen and oxygen atoms in total. The number of hydrogen-bond donors (Lipinski definition) is 1. The minimum absolute atomic E-state index is 0.0613. The Morgan fingerprint density at radius 1 is 1.45 bits per heavy atom. The van der Waals surface area contributed by atoms with Gasteiger partial charge in [-0.1, -0.05) is 0 Å². The number of nitro groups is 1. The third-order valence-electron chi connectivity index (χ3n) is 3.81. The molecule has 0 bridgehead atoms. The van der Waals surface area contributed by atoms with E-state index in [1.807, 2.05) is 19.9 Å². The van der Waals surface area contributed by atoms with Gasteiger partial charge in [-0.25, -0.2) is 0 Å². The Hall–Kier alpha value is -2.11. The summed E-state index contributed by atoms with van der Waals surface area (Å²) in [5, 5.41) is 20.0. The predicted octanol–water partition coefficient (Wildman–Crippen LogP) is 2.59. The molecule has 1 N–H and O–H groups in total. The summed E-state index contributed by atoms with van der Waals surface area (Å²) in [5.41, 5.74) is 1.71. The molecule has 1 aliphatic rings. The molecule has 20 heavy (non-hydrogen) atoms. The molecule has 2 atom stereocenters. The number of aliphatic carboxylic acids is 1. The highest BCUT2D eigenvalue weighted by Crippen LogP contribution is 2.31. The molecule has 1 heterocycles. The Bertz CT molecular complexity index is 544. The van der Waals surface area contributed by atoms with Gasteiger partial charge >= 0.3 is 5.97 Å². The van der Waals surface area contributed by atoms with Gasteiger partial charge in [-0.15, -0.1) is 0 Å². The number of anilines is 1. The average molecular weight is 278 g/mol. The minimum Gasteiger partial charge on any atom is -0.481 e. The highest BCUT2D eigenvalue weighted by Gasteiger charge is 2.30. The third kappa shape index (κ3) is 2.89. The molecule has 0 spiro atoms. The van der Waals surface area contributed by atoms with Gasteiger partial charge < -0.3 is 10.0 Å². The van der Waals surface area contributed by atoms with Crippen LogP contribution < -0.4 is 4.90 Å². The summed E-state index contributed by atoms with van der Waals surface area (Å²) >= 11 is 0. The zero-order valence-electron chi connectivity index (χ0n) is 11.6. The number of non-ortho nitro benzene ring substituents is 1. The van der Waals surface area contributed by atoms with Crippen molar-refractivity contribution in [3.8, 4) is 0 Å². The summed E-state index contributed by atoms with van der Waals surface area (Å²) in [6, 6.07) is 5.07. The lowest BCUT2D eigenvalue weighted by Crippen LogP contribution is -2.42. The number of aryl methyl sites for hydroxylation is 1. The lowest BCUT2D eigenvalue weighted by atomic mass is 9.91. The molecule has 0 aromatic heterocycles. The Morgan fingerprint density at radius 2 is 2.15 bits per heavy atom. The average Bonchev–Trinajstić information content (AvgIpc) is 2.37. The van der Waals surface area contributed by atoms with Crippen LogP contribution >= 0.6 is 0 Å². The van der Waals surface area contributed by atoms with E-state index in [0.717, 1.165) is 11.3 Å². The number of piperidine rings is 1. The maximum absolute atomic E-state index is 11.0. The van der Waals surface area contributed by atoms with Crippen LogP contribution in [0, 0.1) is 23.0 Å². The summed E-state index contributed by atoms with van der Waals surface area (Å²) in [4.78, 5) is 23.6. The van der Waals surface area contributed by atoms with Crippen molar-refractivity contribution in [1.82, 2.24) is 0 Å². The van der Waals surface area contributed by atoms with E-state index in [-0.39, 0.29) is 17.6 Å². The Morgan fingerprint density at radius 3 is 2.70 bits per heavy atom. The van der Waals surface area contributed by atoms with Crippen molar-refractivity contribution in [2.75, 3.05) is 11.4 Å². The molecule has 2 unspecified atom stereocenters. The second kappa shape index (κ2) is 5.48. The van der Waals surface area contributed by atoms with Gasteiger partial charge in [0.2, 0.25) is 0 Å². The molecular formula is C14H18N2O4. The van der Waals surface area contributed by atoms with Crippen LogP contribution in [0.1, 0.15) is 25.3 Å². The lowest BCUT2D eigenvalue weighted by molar-refractivity contribution is -0.384. The van der Waals surface area contributed by atoms with Gasteiger partial charge in [0.15, 0.2) is 0 Å². The maximum atomic E-state index is 11.0. The SMILES string of the molecule is Cc1cc(N2CCC(C(=O)O)CC2C)cc([N+](=O)[O-])c1. The molecule has 6 heteroatoms. The van der Waals surface area contributed by atoms with Crippen LogP contribution in [-0.2, 0) is 4.79 Å². The first kappa shape index (κ1) is 14.3. The van der Waals surface area contributed by atoms with Crippen LogP contribution in [0.5, 0.6) is 0 Å². The summed E-state index contributed by atoms with van der Waals surface area (Å²) < 4.78 is 0. The lowest BCUT2D eigenvalue weighted by Gasteiger charge is -2.38. The van der Waals surface area contributed by atoms with Crippen molar-refractivity contribution in [1.29, 1.82) is 0 Å². The number of benzene rings is 1. The quantitative estimate of drug-likeness (QED) is 0.678. The van der Waals surface area contributed by atoms with Crippen molar-refractivity contribution in [2.45, 2.75) is 32.7 Å². The van der Waals surface area contributed by atoms with E-state index in [9.17, 15) is 14.9 Å². The fourth-order valence-electron chi connectivity index (χ4n) is 2.79. The van der Waals surface area contributed by atoms with Crippen LogP contribution in [0.25, 0.3) is 0 Å². The van der Waals surface area contributed by atoms with Crippen molar-refractivity contribution in [3.05, 3.63) is 33.9 Å². The van der Waals surface area contributed by atoms with Crippen LogP contribution in [0.3, 0.4) is 0 Å². The molecule has 1 aliphatic heterocycles. The molecule has 0 saturated carbocycles. The zero-order chi connectivity index (χ0) is 14.9. The highest BCUT2D eigenvalue weighted by atomic mass is 16.6. The summed E-state index contributed by atoms with van der Waals surface area (Å²) in [6.07, 6.45) is 1.14. The van der Waals surface area contributed by atoms with E-state index in [4.69, 9.17) is 5.11 Å². The van der Waals surface area contributed by atoms with Gasteiger partial charge in [0, 0.05) is 30.4 Å². The van der Waals surface area contributed by atoms with Crippen molar-refractivity contribution in [2.24, 2.45) is 5.92 Å². The van der Waals surface area contributed by atoms with Crippen LogP contribution in [-0.4, -0.2) is 28.6 Å². The van der Waals surface area contributed by atoms with Gasteiger partial charge in [0.25, 0.3) is 5.69 Å². The highest BCUT2D eigenvalue weighted by molar-refractivity contribution is 5.70. The normalized spacial score (nSPS) is 22.6. The molecule has 0 aliphatic carbocycles. The summed E-state index contributed by atoms with van der Waals surface area (Å²) in [5.74, 6) is -1.08. The van der Waals surface area contributed by atoms with Gasteiger partial charge in [0.1, 0.15) is 0 Å². The molecule has 1 aromatic rings. The zero-order valence-corrected chi connectivity index (χ0v) is 11.6. The van der Waals surface area contributed by atoms with Crippen LogP contribution in [0.2, 0.25) is 0 Å². The van der Waals surface area contributed by atoms with E-state index >= 15 is 0 Å². The number of carboxylic acid groups (broad SMARTS) is 1. The molecule has 1 fully saturated rings. The molecule has 108 valence electrons. The Labute approximate surface area is 117 Å². The topological polar surface area (TPSA) is 83.7 Å². The van der Waals surface area contributed by atoms with Crippen molar-refractivity contribution in [3.63, 3.8) is 0 Å². The van der Waals surface area contributed by atoms with Gasteiger partial charge in [-0.05, 0) is 38.3 Å². The largest absolute Gasteiger partial charge is 0.481 e. The standard InChI is InChI=1S/C14H18N2O4/c1-9-5-12(8-13(6-9)16(19)20)15-4-3-11(14(17)18)7-10(15)2/h5-6,8,10-11H,3-4,7H2,1-2H3,(H,17,18). The smallest absolute Gasteiger partial charge is 0.306 e. The van der Waals surface area contributed by atoms with E-state index in [2.05, 4.69) is 4.90 Å². The molecule has 0 amide bonds. The fraction of sp³-hybridized carbons (Fsp3) is 0.500. The number of hydrogen-bond acceptors (Lipinski definition) is 4. The number of carbonyl (C=O) groups is 1. The van der Waals surface area contributed by atoms with E-state index < -0.39 is 10.9 Å². The monoisotopic (exact) mass is 278 g/mol. The first-order valence-corrected chi connectivity index (χ1v) is 6.64. The van der Waals surface area contributed by atoms with Crippen LogP contribution in [0.4, 0.5) is 11.4 Å². The summed E-state index contributed by atoms with van der Waals surface area (Å²) in [6.45, 7) is 4.40. The Kier molecular flexibility index (Phi) is 3.92. The molecular weight excluding hydrogens is 260 g/mol. The van der Waals surface area contributed by atoms with Crippen LogP contribution in [0.15, 0.2) is 18.2 Å². The number of nitro benzene ring substituents is 1. The third-order valence-corrected chi connectivity index (χ3v) is 3.81. The second-order valence-corrected chi connectivity index (χ2v) is 5.39. The first-order chi connectivity index (χ1) is 9.38. The Balaban J connectivity index is 2.24. The minimum atomic E-state index is -0.758. The predicted molar refractivity (Wildman–Crippen MR) is 75.0 cm³/mol. The van der Waals surface area contributed by atoms with E-state index in [0.29, 0.717) is 19.4 Å². The van der Waals surface area contributed by atoms with Gasteiger partial charge in [-0.3, -0.25) is 14.9 Å². The van der Waals surface area contributed by atoms with Crippen molar-refractivity contribution < 1.29 is 14.8 Å². The molecule has 1 saturated heterocycles. The summed E-state index contributed by atoms with van der Waals surface area (Å²) in [7, 11) is 0.